The summed E-state index contributed by atoms with van der Waals surface area (Å²) < 4.78 is 0. The highest BCUT2D eigenvalue weighted by molar-refractivity contribution is 7.09. The van der Waals surface area contributed by atoms with E-state index in [4.69, 9.17) is 0 Å². The van der Waals surface area contributed by atoms with Gasteiger partial charge in [0, 0.05) is 37.3 Å². The zero-order valence-electron chi connectivity index (χ0n) is 14.1. The van der Waals surface area contributed by atoms with Crippen LogP contribution in [0.5, 0.6) is 0 Å². The highest BCUT2D eigenvalue weighted by atomic mass is 35.5. The Morgan fingerprint density at radius 1 is 1.40 bits per heavy atom. The number of piperazine rings is 1. The van der Waals surface area contributed by atoms with E-state index in [1.165, 1.54) is 0 Å². The molecule has 0 aliphatic carbocycles. The van der Waals surface area contributed by atoms with Crippen LogP contribution in [0.15, 0.2) is 41.9 Å². The number of nitrogens with one attached hydrogen (secondary N) is 2. The Labute approximate surface area is 165 Å². The molecule has 1 aromatic carbocycles. The van der Waals surface area contributed by atoms with Gasteiger partial charge >= 0.3 is 0 Å². The zero-order chi connectivity index (χ0) is 16.1. The van der Waals surface area contributed by atoms with Crippen molar-refractivity contribution in [1.82, 2.24) is 20.5 Å². The summed E-state index contributed by atoms with van der Waals surface area (Å²) in [6.07, 6.45) is 1.78. The lowest BCUT2D eigenvalue weighted by atomic mass is 10.1. The van der Waals surface area contributed by atoms with Gasteiger partial charge in [-0.3, -0.25) is 9.69 Å². The third-order valence-corrected chi connectivity index (χ3v) is 4.96. The van der Waals surface area contributed by atoms with Gasteiger partial charge < -0.3 is 10.6 Å². The molecule has 5 nitrogen and oxygen atoms in total. The number of benzene rings is 1. The second-order valence-corrected chi connectivity index (χ2v) is 6.73. The number of carbonyl (C=O) groups excluding carboxylic acids is 1. The van der Waals surface area contributed by atoms with E-state index < -0.39 is 0 Å². The average molecular weight is 403 g/mol. The van der Waals surface area contributed by atoms with E-state index in [0.29, 0.717) is 12.6 Å². The van der Waals surface area contributed by atoms with Gasteiger partial charge in [0.15, 0.2) is 0 Å². The number of carbonyl (C=O) groups is 1. The predicted molar refractivity (Wildman–Crippen MR) is 107 cm³/mol. The zero-order valence-corrected chi connectivity index (χ0v) is 16.5. The Kier molecular flexibility index (Phi) is 9.38. The summed E-state index contributed by atoms with van der Waals surface area (Å²) in [7, 11) is 0. The fourth-order valence-electron chi connectivity index (χ4n) is 2.82. The summed E-state index contributed by atoms with van der Waals surface area (Å²) in [5.41, 5.74) is 1.06. The molecule has 3 rings (SSSR count). The van der Waals surface area contributed by atoms with E-state index >= 15 is 0 Å². The molecule has 1 fully saturated rings. The summed E-state index contributed by atoms with van der Waals surface area (Å²) >= 11 is 1.57. The van der Waals surface area contributed by atoms with Gasteiger partial charge in [-0.1, -0.05) is 30.3 Å². The molecule has 25 heavy (non-hydrogen) atoms. The third-order valence-electron chi connectivity index (χ3n) is 4.12. The maximum absolute atomic E-state index is 12.5. The first kappa shape index (κ1) is 21.9. The molecule has 1 amide bonds. The van der Waals surface area contributed by atoms with Crippen molar-refractivity contribution in [1.29, 1.82) is 0 Å². The Hall–Kier alpha value is -1.18. The molecular weight excluding hydrogens is 379 g/mol. The van der Waals surface area contributed by atoms with Gasteiger partial charge in [-0.25, -0.2) is 4.98 Å². The first-order chi connectivity index (χ1) is 11.2. The van der Waals surface area contributed by atoms with E-state index in [9.17, 15) is 4.79 Å². The Morgan fingerprint density at radius 3 is 2.80 bits per heavy atom. The first-order valence-corrected chi connectivity index (χ1v) is 8.80. The van der Waals surface area contributed by atoms with E-state index in [1.807, 2.05) is 35.7 Å². The van der Waals surface area contributed by atoms with Crippen LogP contribution in [0.1, 0.15) is 23.5 Å². The van der Waals surface area contributed by atoms with Crippen LogP contribution >= 0.6 is 36.2 Å². The quantitative estimate of drug-likeness (QED) is 0.806. The van der Waals surface area contributed by atoms with Crippen molar-refractivity contribution < 1.29 is 4.79 Å². The molecule has 1 aliphatic rings. The molecule has 2 atom stereocenters. The van der Waals surface area contributed by atoms with Crippen LogP contribution in [-0.2, 0) is 4.79 Å². The maximum Gasteiger partial charge on any atom is 0.235 e. The molecule has 0 spiro atoms. The predicted octanol–water partition coefficient (Wildman–Crippen LogP) is 2.49. The summed E-state index contributed by atoms with van der Waals surface area (Å²) in [6.45, 7) is 5.35. The van der Waals surface area contributed by atoms with Crippen molar-refractivity contribution >= 4 is 42.1 Å². The highest BCUT2D eigenvalue weighted by Crippen LogP contribution is 2.23. The van der Waals surface area contributed by atoms with Gasteiger partial charge in [-0.05, 0) is 12.5 Å². The number of amides is 1. The molecule has 0 bridgehead atoms. The number of hydrogen-bond acceptors (Lipinski definition) is 5. The molecule has 0 radical (unpaired) electrons. The van der Waals surface area contributed by atoms with Crippen molar-refractivity contribution in [2.24, 2.45) is 0 Å². The van der Waals surface area contributed by atoms with Crippen molar-refractivity contribution in [2.75, 3.05) is 26.2 Å². The maximum atomic E-state index is 12.5. The van der Waals surface area contributed by atoms with Gasteiger partial charge in [0.05, 0.1) is 6.54 Å². The second kappa shape index (κ2) is 10.7. The second-order valence-electron chi connectivity index (χ2n) is 5.81. The number of nitrogens with zero attached hydrogens (tertiary/aromatic N) is 2. The minimum absolute atomic E-state index is 0. The molecule has 0 saturated carbocycles. The Bertz CT molecular complexity index is 627. The van der Waals surface area contributed by atoms with E-state index in [0.717, 1.165) is 30.2 Å². The first-order valence-electron chi connectivity index (χ1n) is 7.92. The molecule has 1 saturated heterocycles. The fraction of sp³-hybridized carbons (Fsp3) is 0.412. The minimum atomic E-state index is -0.179. The topological polar surface area (TPSA) is 57.3 Å². The smallest absolute Gasteiger partial charge is 0.235 e. The lowest BCUT2D eigenvalue weighted by Gasteiger charge is -2.33. The van der Waals surface area contributed by atoms with E-state index in [-0.39, 0.29) is 36.8 Å². The normalized spacial score (nSPS) is 18.5. The largest absolute Gasteiger partial charge is 0.342 e. The number of rotatable bonds is 5. The molecule has 2 N–H and O–H groups in total. The molecule has 138 valence electrons. The van der Waals surface area contributed by atoms with Crippen molar-refractivity contribution in [3.8, 4) is 0 Å². The number of hydrogen-bond donors (Lipinski definition) is 2. The van der Waals surface area contributed by atoms with Crippen molar-refractivity contribution in [2.45, 2.75) is 19.0 Å². The van der Waals surface area contributed by atoms with Crippen LogP contribution in [0, 0.1) is 0 Å². The number of aromatic nitrogens is 1. The van der Waals surface area contributed by atoms with Crippen molar-refractivity contribution in [3.05, 3.63) is 52.5 Å². The van der Waals surface area contributed by atoms with E-state index in [1.54, 1.807) is 17.5 Å². The van der Waals surface area contributed by atoms with Gasteiger partial charge in [0.1, 0.15) is 11.0 Å². The summed E-state index contributed by atoms with van der Waals surface area (Å²) in [5, 5.41) is 9.35. The van der Waals surface area contributed by atoms with Gasteiger partial charge in [0.2, 0.25) is 5.91 Å². The average Bonchev–Trinajstić information content (AvgIpc) is 3.10. The van der Waals surface area contributed by atoms with Crippen LogP contribution in [0.3, 0.4) is 0 Å². The molecule has 2 aromatic rings. The number of thiazole rings is 1. The standard InChI is InChI=1S/C17H22N4OS.2ClH/c1-13-11-18-7-9-21(13)12-15(22)20-16(17-19-8-10-23-17)14-5-3-2-4-6-14;;/h2-6,8,10,13,16,18H,7,9,11-12H2,1H3,(H,20,22);2*1H/t13-,16?;;/m1../s1. The van der Waals surface area contributed by atoms with Crippen LogP contribution in [0.2, 0.25) is 0 Å². The van der Waals surface area contributed by atoms with Crippen LogP contribution in [0.25, 0.3) is 0 Å². The molecule has 1 unspecified atom stereocenters. The van der Waals surface area contributed by atoms with Gasteiger partial charge in [0.25, 0.3) is 0 Å². The summed E-state index contributed by atoms with van der Waals surface area (Å²) in [5.74, 6) is 0.0443. The fourth-order valence-corrected chi connectivity index (χ4v) is 3.53. The van der Waals surface area contributed by atoms with Crippen molar-refractivity contribution in [3.63, 3.8) is 0 Å². The molecule has 1 aliphatic heterocycles. The van der Waals surface area contributed by atoms with E-state index in [2.05, 4.69) is 27.4 Å². The monoisotopic (exact) mass is 402 g/mol. The van der Waals surface area contributed by atoms with Crippen LogP contribution < -0.4 is 10.6 Å². The third kappa shape index (κ3) is 5.94. The lowest BCUT2D eigenvalue weighted by molar-refractivity contribution is -0.123. The molecule has 8 heteroatoms. The van der Waals surface area contributed by atoms with Gasteiger partial charge in [-0.2, -0.15) is 0 Å². The molecule has 2 heterocycles. The molecular formula is C17H24Cl2N4OS. The summed E-state index contributed by atoms with van der Waals surface area (Å²) in [4.78, 5) is 19.1. The number of halogens is 2. The van der Waals surface area contributed by atoms with Crippen LogP contribution in [-0.4, -0.2) is 48.0 Å². The minimum Gasteiger partial charge on any atom is -0.342 e. The lowest BCUT2D eigenvalue weighted by Crippen LogP contribution is -2.53. The summed E-state index contributed by atoms with van der Waals surface area (Å²) in [6, 6.07) is 10.2. The van der Waals surface area contributed by atoms with Crippen LogP contribution in [0.4, 0.5) is 0 Å². The van der Waals surface area contributed by atoms with Gasteiger partial charge in [-0.15, -0.1) is 36.2 Å². The highest BCUT2D eigenvalue weighted by Gasteiger charge is 2.23. The Morgan fingerprint density at radius 2 is 2.16 bits per heavy atom. The molecule has 1 aromatic heterocycles. The Balaban J connectivity index is 0.00000156. The SMILES string of the molecule is C[C@@H]1CNCCN1CC(=O)NC(c1ccccc1)c1nccs1.Cl.Cl.